The highest BCUT2D eigenvalue weighted by Gasteiger charge is 2.24. The molecule has 1 aliphatic heterocycles. The van der Waals surface area contributed by atoms with Gasteiger partial charge in [0.15, 0.2) is 0 Å². The van der Waals surface area contributed by atoms with Crippen molar-refractivity contribution >= 4 is 5.91 Å². The van der Waals surface area contributed by atoms with E-state index in [0.717, 1.165) is 37.4 Å². The lowest BCUT2D eigenvalue weighted by atomic mass is 9.79. The van der Waals surface area contributed by atoms with Crippen molar-refractivity contribution in [2.45, 2.75) is 51.5 Å². The second kappa shape index (κ2) is 6.61. The fourth-order valence-electron chi connectivity index (χ4n) is 3.36. The van der Waals surface area contributed by atoms with Crippen molar-refractivity contribution in [1.82, 2.24) is 10.6 Å². The fraction of sp³-hybridized carbons (Fsp3) is 0.611. The van der Waals surface area contributed by atoms with E-state index in [2.05, 4.69) is 35.8 Å². The molecule has 1 saturated carbocycles. The number of rotatable bonds is 6. The van der Waals surface area contributed by atoms with Crippen LogP contribution in [0, 0.1) is 5.92 Å². The van der Waals surface area contributed by atoms with Gasteiger partial charge < -0.3 is 10.6 Å². The molecule has 3 nitrogen and oxygen atoms in total. The highest BCUT2D eigenvalue weighted by molar-refractivity contribution is 5.96. The van der Waals surface area contributed by atoms with Gasteiger partial charge in [-0.05, 0) is 48.9 Å². The zero-order valence-electron chi connectivity index (χ0n) is 13.0. The summed E-state index contributed by atoms with van der Waals surface area (Å²) in [4.78, 5) is 12.0. The van der Waals surface area contributed by atoms with E-state index in [1.807, 2.05) is 0 Å². The third-order valence-electron chi connectivity index (χ3n) is 4.90. The van der Waals surface area contributed by atoms with E-state index in [-0.39, 0.29) is 5.91 Å². The topological polar surface area (TPSA) is 41.1 Å². The Morgan fingerprint density at radius 1 is 1.38 bits per heavy atom. The van der Waals surface area contributed by atoms with Crippen LogP contribution >= 0.6 is 0 Å². The van der Waals surface area contributed by atoms with Crippen molar-refractivity contribution in [3.8, 4) is 0 Å². The van der Waals surface area contributed by atoms with Crippen molar-refractivity contribution < 1.29 is 4.79 Å². The number of carbonyl (C=O) groups is 1. The first-order valence-electron chi connectivity index (χ1n) is 8.42. The zero-order chi connectivity index (χ0) is 14.7. The third kappa shape index (κ3) is 3.29. The molecule has 1 aromatic rings. The molecule has 3 rings (SSSR count). The molecule has 1 atom stereocenters. The largest absolute Gasteiger partial charge is 0.352 e. The average Bonchev–Trinajstić information content (AvgIpc) is 2.46. The minimum atomic E-state index is 0.0935. The van der Waals surface area contributed by atoms with E-state index in [4.69, 9.17) is 0 Å². The van der Waals surface area contributed by atoms with Crippen LogP contribution in [0.2, 0.25) is 0 Å². The summed E-state index contributed by atoms with van der Waals surface area (Å²) in [7, 11) is 0. The smallest absolute Gasteiger partial charge is 0.251 e. The zero-order valence-corrected chi connectivity index (χ0v) is 13.0. The van der Waals surface area contributed by atoms with Gasteiger partial charge in [-0.1, -0.05) is 38.3 Å². The fourth-order valence-corrected chi connectivity index (χ4v) is 3.36. The quantitative estimate of drug-likeness (QED) is 0.843. The third-order valence-corrected chi connectivity index (χ3v) is 4.90. The van der Waals surface area contributed by atoms with Crippen LogP contribution in [0.1, 0.15) is 66.6 Å². The summed E-state index contributed by atoms with van der Waals surface area (Å²) in [6.45, 7) is 4.01. The molecule has 1 amide bonds. The van der Waals surface area contributed by atoms with E-state index in [9.17, 15) is 4.79 Å². The number of amides is 1. The van der Waals surface area contributed by atoms with E-state index in [1.165, 1.54) is 36.8 Å². The van der Waals surface area contributed by atoms with Gasteiger partial charge in [-0.15, -0.1) is 0 Å². The lowest BCUT2D eigenvalue weighted by Gasteiger charge is -2.31. The van der Waals surface area contributed by atoms with Crippen LogP contribution in [0.3, 0.4) is 0 Å². The van der Waals surface area contributed by atoms with Crippen molar-refractivity contribution in [2.24, 2.45) is 5.92 Å². The van der Waals surface area contributed by atoms with Gasteiger partial charge in [0.05, 0.1) is 0 Å². The molecule has 1 aliphatic carbocycles. The summed E-state index contributed by atoms with van der Waals surface area (Å²) >= 11 is 0. The van der Waals surface area contributed by atoms with Crippen molar-refractivity contribution in [3.63, 3.8) is 0 Å². The van der Waals surface area contributed by atoms with Crippen molar-refractivity contribution in [3.05, 3.63) is 34.9 Å². The molecule has 2 N–H and O–H groups in total. The Bertz CT molecular complexity index is 508. The van der Waals surface area contributed by atoms with Gasteiger partial charge >= 0.3 is 0 Å². The summed E-state index contributed by atoms with van der Waals surface area (Å²) in [5, 5.41) is 6.63. The number of benzene rings is 1. The molecule has 0 aromatic heterocycles. The highest BCUT2D eigenvalue weighted by Crippen LogP contribution is 2.35. The standard InChI is InChI=1S/C18H26N2O/c1-2-9-19-17(11-13-4-3-5-13)15-7-6-14-8-10-20-18(21)16(14)12-15/h6-7,12-13,17,19H,2-5,8-11H2,1H3,(H,20,21). The number of hydrogen-bond donors (Lipinski definition) is 2. The molecule has 0 radical (unpaired) electrons. The molecule has 1 fully saturated rings. The Balaban J connectivity index is 1.80. The summed E-state index contributed by atoms with van der Waals surface area (Å²) < 4.78 is 0. The summed E-state index contributed by atoms with van der Waals surface area (Å²) in [6, 6.07) is 6.90. The summed E-state index contributed by atoms with van der Waals surface area (Å²) in [6.07, 6.45) is 7.44. The van der Waals surface area contributed by atoms with E-state index < -0.39 is 0 Å². The highest BCUT2D eigenvalue weighted by atomic mass is 16.1. The molecule has 1 unspecified atom stereocenters. The molecular weight excluding hydrogens is 260 g/mol. The van der Waals surface area contributed by atoms with Crippen LogP contribution in [-0.4, -0.2) is 19.0 Å². The maximum Gasteiger partial charge on any atom is 0.251 e. The van der Waals surface area contributed by atoms with Crippen LogP contribution in [-0.2, 0) is 6.42 Å². The Labute approximate surface area is 127 Å². The monoisotopic (exact) mass is 286 g/mol. The number of hydrogen-bond acceptors (Lipinski definition) is 2. The van der Waals surface area contributed by atoms with Crippen LogP contribution < -0.4 is 10.6 Å². The first kappa shape index (κ1) is 14.6. The maximum atomic E-state index is 12.0. The first-order valence-corrected chi connectivity index (χ1v) is 8.42. The van der Waals surface area contributed by atoms with Crippen LogP contribution in [0.25, 0.3) is 0 Å². The molecule has 1 heterocycles. The van der Waals surface area contributed by atoms with E-state index >= 15 is 0 Å². The first-order chi connectivity index (χ1) is 10.3. The minimum Gasteiger partial charge on any atom is -0.352 e. The van der Waals surface area contributed by atoms with Gasteiger partial charge in [-0.2, -0.15) is 0 Å². The number of nitrogens with one attached hydrogen (secondary N) is 2. The van der Waals surface area contributed by atoms with Crippen molar-refractivity contribution in [1.29, 1.82) is 0 Å². The van der Waals surface area contributed by atoms with E-state index in [0.29, 0.717) is 6.04 Å². The predicted molar refractivity (Wildman–Crippen MR) is 85.5 cm³/mol. The Hall–Kier alpha value is -1.35. The van der Waals surface area contributed by atoms with E-state index in [1.54, 1.807) is 0 Å². The Morgan fingerprint density at radius 2 is 2.24 bits per heavy atom. The lowest BCUT2D eigenvalue weighted by molar-refractivity contribution is 0.0946. The summed E-state index contributed by atoms with van der Waals surface area (Å²) in [5.41, 5.74) is 3.36. The Morgan fingerprint density at radius 3 is 2.95 bits per heavy atom. The molecule has 0 spiro atoms. The van der Waals surface area contributed by atoms with Crippen LogP contribution in [0.4, 0.5) is 0 Å². The number of carbonyl (C=O) groups excluding carboxylic acids is 1. The minimum absolute atomic E-state index is 0.0935. The second-order valence-electron chi connectivity index (χ2n) is 6.46. The predicted octanol–water partition coefficient (Wildman–Crippen LogP) is 3.20. The molecule has 114 valence electrons. The molecule has 0 saturated heterocycles. The van der Waals surface area contributed by atoms with Crippen LogP contribution in [0.5, 0.6) is 0 Å². The number of fused-ring (bicyclic) bond motifs is 1. The molecule has 0 bridgehead atoms. The second-order valence-corrected chi connectivity index (χ2v) is 6.46. The Kier molecular flexibility index (Phi) is 4.59. The molecule has 3 heteroatoms. The van der Waals surface area contributed by atoms with Gasteiger partial charge in [0.1, 0.15) is 0 Å². The van der Waals surface area contributed by atoms with Crippen molar-refractivity contribution in [2.75, 3.05) is 13.1 Å². The lowest BCUT2D eigenvalue weighted by Crippen LogP contribution is -2.32. The van der Waals surface area contributed by atoms with Gasteiger partial charge in [0.2, 0.25) is 0 Å². The average molecular weight is 286 g/mol. The molecular formula is C18H26N2O. The maximum absolute atomic E-state index is 12.0. The van der Waals surface area contributed by atoms with Gasteiger partial charge in [0, 0.05) is 18.2 Å². The van der Waals surface area contributed by atoms with Gasteiger partial charge in [-0.25, -0.2) is 0 Å². The molecule has 1 aromatic carbocycles. The molecule has 21 heavy (non-hydrogen) atoms. The van der Waals surface area contributed by atoms with Gasteiger partial charge in [0.25, 0.3) is 5.91 Å². The van der Waals surface area contributed by atoms with Gasteiger partial charge in [-0.3, -0.25) is 4.79 Å². The normalized spacial score (nSPS) is 19.6. The SMILES string of the molecule is CCCNC(CC1CCC1)c1ccc2c(c1)C(=O)NCC2. The summed E-state index contributed by atoms with van der Waals surface area (Å²) in [5.74, 6) is 0.959. The molecule has 2 aliphatic rings. The van der Waals surface area contributed by atoms with Crippen LogP contribution in [0.15, 0.2) is 18.2 Å².